The lowest BCUT2D eigenvalue weighted by Crippen LogP contribution is -2.44. The molecule has 3 rings (SSSR count). The molecule has 2 aliphatic carbocycles. The van der Waals surface area contributed by atoms with Crippen LogP contribution < -0.4 is 10.6 Å². The molecule has 0 heterocycles. The standard InChI is InChI=1S/C20H25ClN2O4/c1-27-17(24)13-8-9-15(21)16(12-13)23-19(26)20(10-11-20)18(25)22-14-6-4-2-3-5-7-14/h8-9,12,14H,2-7,10-11H2,1H3,(H,22,25)(H,23,26). The van der Waals surface area contributed by atoms with E-state index in [2.05, 4.69) is 15.4 Å². The van der Waals surface area contributed by atoms with Crippen molar-refractivity contribution < 1.29 is 19.1 Å². The highest BCUT2D eigenvalue weighted by atomic mass is 35.5. The van der Waals surface area contributed by atoms with Crippen molar-refractivity contribution in [3.8, 4) is 0 Å². The van der Waals surface area contributed by atoms with E-state index >= 15 is 0 Å². The second-order valence-corrected chi connectivity index (χ2v) is 7.79. The molecule has 27 heavy (non-hydrogen) atoms. The molecule has 0 unspecified atom stereocenters. The number of methoxy groups -OCH3 is 1. The fraction of sp³-hybridized carbons (Fsp3) is 0.550. The number of amides is 2. The minimum absolute atomic E-state index is 0.150. The van der Waals surface area contributed by atoms with Crippen molar-refractivity contribution in [3.63, 3.8) is 0 Å². The van der Waals surface area contributed by atoms with Crippen LogP contribution in [0.5, 0.6) is 0 Å². The number of carbonyl (C=O) groups is 3. The minimum atomic E-state index is -1.03. The minimum Gasteiger partial charge on any atom is -0.465 e. The molecule has 7 heteroatoms. The normalized spacial score (nSPS) is 18.9. The van der Waals surface area contributed by atoms with Gasteiger partial charge in [-0.25, -0.2) is 4.79 Å². The largest absolute Gasteiger partial charge is 0.465 e. The Hall–Kier alpha value is -2.08. The number of anilines is 1. The molecule has 0 saturated heterocycles. The number of hydrogen-bond donors (Lipinski definition) is 2. The molecule has 0 bridgehead atoms. The van der Waals surface area contributed by atoms with E-state index < -0.39 is 11.4 Å². The Morgan fingerprint density at radius 1 is 1.07 bits per heavy atom. The smallest absolute Gasteiger partial charge is 0.337 e. The average molecular weight is 393 g/mol. The van der Waals surface area contributed by atoms with Gasteiger partial charge in [0.05, 0.1) is 23.4 Å². The van der Waals surface area contributed by atoms with Gasteiger partial charge in [0.1, 0.15) is 5.41 Å². The molecule has 1 aromatic rings. The number of esters is 1. The van der Waals surface area contributed by atoms with Gasteiger partial charge in [0.25, 0.3) is 0 Å². The molecule has 0 atom stereocenters. The summed E-state index contributed by atoms with van der Waals surface area (Å²) in [6.07, 6.45) is 7.60. The third-order valence-electron chi connectivity index (χ3n) is 5.45. The molecular weight excluding hydrogens is 368 g/mol. The Kier molecular flexibility index (Phi) is 6.05. The van der Waals surface area contributed by atoms with Crippen LogP contribution in [0.1, 0.15) is 61.7 Å². The summed E-state index contributed by atoms with van der Waals surface area (Å²) < 4.78 is 4.69. The topological polar surface area (TPSA) is 84.5 Å². The maximum absolute atomic E-state index is 12.8. The second-order valence-electron chi connectivity index (χ2n) is 7.38. The summed E-state index contributed by atoms with van der Waals surface area (Å²) in [6, 6.07) is 4.66. The fourth-order valence-electron chi connectivity index (χ4n) is 3.54. The van der Waals surface area contributed by atoms with Gasteiger partial charge in [0, 0.05) is 6.04 Å². The number of nitrogens with one attached hydrogen (secondary N) is 2. The van der Waals surface area contributed by atoms with Gasteiger partial charge in [-0.3, -0.25) is 9.59 Å². The zero-order valence-corrected chi connectivity index (χ0v) is 16.2. The number of rotatable bonds is 5. The number of hydrogen-bond acceptors (Lipinski definition) is 4. The lowest BCUT2D eigenvalue weighted by atomic mass is 10.0. The Balaban J connectivity index is 1.68. The third-order valence-corrected chi connectivity index (χ3v) is 5.77. The Labute approximate surface area is 164 Å². The summed E-state index contributed by atoms with van der Waals surface area (Å²) in [5.74, 6) is -1.10. The van der Waals surface area contributed by atoms with Crippen molar-refractivity contribution in [1.29, 1.82) is 0 Å². The first-order chi connectivity index (χ1) is 13.0. The third kappa shape index (κ3) is 4.43. The van der Waals surface area contributed by atoms with Crippen LogP contribution in [-0.2, 0) is 14.3 Å². The number of carbonyl (C=O) groups excluding carboxylic acids is 3. The van der Waals surface area contributed by atoms with Crippen molar-refractivity contribution in [2.75, 3.05) is 12.4 Å². The van der Waals surface area contributed by atoms with E-state index in [1.165, 1.54) is 38.2 Å². The van der Waals surface area contributed by atoms with Gasteiger partial charge in [-0.1, -0.05) is 37.3 Å². The van der Waals surface area contributed by atoms with Crippen LogP contribution in [0.3, 0.4) is 0 Å². The number of ether oxygens (including phenoxy) is 1. The van der Waals surface area contributed by atoms with Gasteiger partial charge in [-0.05, 0) is 43.9 Å². The van der Waals surface area contributed by atoms with Crippen LogP contribution in [0.2, 0.25) is 5.02 Å². The van der Waals surface area contributed by atoms with Gasteiger partial charge >= 0.3 is 5.97 Å². The van der Waals surface area contributed by atoms with E-state index in [1.54, 1.807) is 0 Å². The summed E-state index contributed by atoms with van der Waals surface area (Å²) in [7, 11) is 1.28. The Morgan fingerprint density at radius 3 is 2.33 bits per heavy atom. The molecule has 2 N–H and O–H groups in total. The van der Waals surface area contributed by atoms with E-state index in [9.17, 15) is 14.4 Å². The Bertz CT molecular complexity index is 737. The summed E-state index contributed by atoms with van der Waals surface area (Å²) >= 11 is 6.14. The molecule has 0 aliphatic heterocycles. The van der Waals surface area contributed by atoms with Gasteiger partial charge in [0.15, 0.2) is 0 Å². The van der Waals surface area contributed by atoms with Crippen LogP contribution in [-0.4, -0.2) is 30.9 Å². The summed E-state index contributed by atoms with van der Waals surface area (Å²) in [6.45, 7) is 0. The SMILES string of the molecule is COC(=O)c1ccc(Cl)c(NC(=O)C2(C(=O)NC3CCCCCC3)CC2)c1. The number of halogens is 1. The monoisotopic (exact) mass is 392 g/mol. The molecule has 0 radical (unpaired) electrons. The first-order valence-electron chi connectivity index (χ1n) is 9.46. The van der Waals surface area contributed by atoms with Crippen molar-refractivity contribution in [2.24, 2.45) is 5.41 Å². The van der Waals surface area contributed by atoms with E-state index in [1.807, 2.05) is 0 Å². The fourth-order valence-corrected chi connectivity index (χ4v) is 3.70. The zero-order valence-electron chi connectivity index (χ0n) is 15.5. The molecule has 2 saturated carbocycles. The molecule has 1 aromatic carbocycles. The van der Waals surface area contributed by atoms with Gasteiger partial charge in [-0.2, -0.15) is 0 Å². The predicted octanol–water partition coefficient (Wildman–Crippen LogP) is 3.68. The number of benzene rings is 1. The van der Waals surface area contributed by atoms with Crippen molar-refractivity contribution >= 4 is 35.1 Å². The summed E-state index contributed by atoms with van der Waals surface area (Å²) in [5.41, 5.74) is -0.445. The predicted molar refractivity (Wildman–Crippen MR) is 103 cm³/mol. The molecule has 0 spiro atoms. The molecular formula is C20H25ClN2O4. The first kappa shape index (κ1) is 19.7. The van der Waals surface area contributed by atoms with Crippen molar-refractivity contribution in [1.82, 2.24) is 5.32 Å². The average Bonchev–Trinajstić information content (AvgIpc) is 3.48. The van der Waals surface area contributed by atoms with E-state index in [0.717, 1.165) is 25.7 Å². The van der Waals surface area contributed by atoms with Gasteiger partial charge in [0.2, 0.25) is 11.8 Å². The lowest BCUT2D eigenvalue weighted by Gasteiger charge is -2.21. The van der Waals surface area contributed by atoms with E-state index in [-0.39, 0.29) is 23.4 Å². The molecule has 146 valence electrons. The Morgan fingerprint density at radius 2 is 1.74 bits per heavy atom. The second kappa shape index (κ2) is 8.30. The summed E-state index contributed by atoms with van der Waals surface area (Å²) in [5, 5.41) is 6.10. The molecule has 6 nitrogen and oxygen atoms in total. The van der Waals surface area contributed by atoms with Gasteiger partial charge in [-0.15, -0.1) is 0 Å². The maximum Gasteiger partial charge on any atom is 0.337 e. The first-order valence-corrected chi connectivity index (χ1v) is 9.84. The van der Waals surface area contributed by atoms with Crippen molar-refractivity contribution in [2.45, 2.75) is 57.4 Å². The van der Waals surface area contributed by atoms with Crippen LogP contribution in [0.4, 0.5) is 5.69 Å². The lowest BCUT2D eigenvalue weighted by molar-refractivity contribution is -0.134. The summed E-state index contributed by atoms with van der Waals surface area (Å²) in [4.78, 5) is 37.3. The highest BCUT2D eigenvalue weighted by Crippen LogP contribution is 2.47. The highest BCUT2D eigenvalue weighted by molar-refractivity contribution is 6.34. The van der Waals surface area contributed by atoms with Crippen LogP contribution in [0, 0.1) is 5.41 Å². The van der Waals surface area contributed by atoms with Gasteiger partial charge < -0.3 is 15.4 Å². The maximum atomic E-state index is 12.8. The van der Waals surface area contributed by atoms with Crippen molar-refractivity contribution in [3.05, 3.63) is 28.8 Å². The zero-order chi connectivity index (χ0) is 19.4. The molecule has 2 fully saturated rings. The molecule has 2 amide bonds. The molecule has 2 aliphatic rings. The highest BCUT2D eigenvalue weighted by Gasteiger charge is 2.56. The van der Waals surface area contributed by atoms with E-state index in [0.29, 0.717) is 23.6 Å². The van der Waals surface area contributed by atoms with Crippen LogP contribution in [0.25, 0.3) is 0 Å². The molecule has 0 aromatic heterocycles. The van der Waals surface area contributed by atoms with Crippen LogP contribution >= 0.6 is 11.6 Å². The van der Waals surface area contributed by atoms with E-state index in [4.69, 9.17) is 11.6 Å². The quantitative estimate of drug-likeness (QED) is 0.454. The van der Waals surface area contributed by atoms with Crippen LogP contribution in [0.15, 0.2) is 18.2 Å².